The molecule has 0 unspecified atom stereocenters. The molecule has 1 aliphatic rings. The fourth-order valence-electron chi connectivity index (χ4n) is 3.29. The van der Waals surface area contributed by atoms with E-state index in [-0.39, 0.29) is 6.79 Å². The molecule has 0 fully saturated rings. The normalized spacial score (nSPS) is 12.7. The number of imidazole rings is 1. The van der Waals surface area contributed by atoms with Crippen LogP contribution in [0.4, 0.5) is 11.5 Å². The quantitative estimate of drug-likeness (QED) is 0.584. The third kappa shape index (κ3) is 2.63. The molecule has 3 aromatic heterocycles. The highest BCUT2D eigenvalue weighted by atomic mass is 16.7. The molecule has 0 spiro atoms. The maximum atomic E-state index is 5.47. The van der Waals surface area contributed by atoms with Gasteiger partial charge < -0.3 is 19.4 Å². The van der Waals surface area contributed by atoms with Gasteiger partial charge in [-0.2, -0.15) is 15.1 Å². The van der Waals surface area contributed by atoms with Crippen LogP contribution >= 0.6 is 0 Å². The van der Waals surface area contributed by atoms with Crippen LogP contribution in [0.1, 0.15) is 18.3 Å². The van der Waals surface area contributed by atoms with Gasteiger partial charge in [0.25, 0.3) is 5.95 Å². The van der Waals surface area contributed by atoms with Crippen molar-refractivity contribution in [3.8, 4) is 17.4 Å². The number of aromatic nitrogens is 6. The first-order chi connectivity index (χ1) is 13.6. The van der Waals surface area contributed by atoms with Crippen molar-refractivity contribution in [2.45, 2.75) is 27.3 Å². The van der Waals surface area contributed by atoms with Gasteiger partial charge in [0.05, 0.1) is 12.0 Å². The topological polar surface area (TPSA) is 91.9 Å². The summed E-state index contributed by atoms with van der Waals surface area (Å²) < 4.78 is 14.6. The molecule has 142 valence electrons. The molecule has 1 N–H and O–H groups in total. The van der Waals surface area contributed by atoms with E-state index in [1.807, 2.05) is 42.7 Å². The van der Waals surface area contributed by atoms with Crippen molar-refractivity contribution >= 4 is 22.7 Å². The number of nitrogens with one attached hydrogen (secondary N) is 1. The van der Waals surface area contributed by atoms with E-state index in [0.717, 1.165) is 35.0 Å². The largest absolute Gasteiger partial charge is 0.454 e. The molecular weight excluding hydrogens is 358 g/mol. The maximum absolute atomic E-state index is 5.47. The minimum absolute atomic E-state index is 0.236. The van der Waals surface area contributed by atoms with Crippen LogP contribution in [0.5, 0.6) is 11.5 Å². The molecular formula is C19H19N7O2. The van der Waals surface area contributed by atoms with Gasteiger partial charge in [-0.3, -0.25) is 0 Å². The zero-order valence-corrected chi connectivity index (χ0v) is 15.8. The number of nitrogens with zero attached hydrogens (tertiary/aromatic N) is 6. The highest BCUT2D eigenvalue weighted by Crippen LogP contribution is 2.35. The van der Waals surface area contributed by atoms with Crippen molar-refractivity contribution in [2.24, 2.45) is 0 Å². The SMILES string of the molecule is CCn1cnc2c(Nc3ccc4c(c3)OCO4)nc(-n3nc(C)cc3C)nc21. The lowest BCUT2D eigenvalue weighted by atomic mass is 10.2. The van der Waals surface area contributed by atoms with Gasteiger partial charge in [0, 0.05) is 24.0 Å². The van der Waals surface area contributed by atoms with Crippen molar-refractivity contribution in [3.05, 3.63) is 42.0 Å². The Balaban J connectivity index is 1.64. The average molecular weight is 377 g/mol. The zero-order valence-electron chi connectivity index (χ0n) is 15.8. The number of anilines is 2. The molecule has 4 aromatic rings. The van der Waals surface area contributed by atoms with E-state index < -0.39 is 0 Å². The Kier molecular flexibility index (Phi) is 3.68. The fraction of sp³-hybridized carbons (Fsp3) is 0.263. The molecule has 4 heterocycles. The van der Waals surface area contributed by atoms with E-state index in [1.54, 1.807) is 11.0 Å². The number of rotatable bonds is 4. The van der Waals surface area contributed by atoms with Crippen LogP contribution in [0, 0.1) is 13.8 Å². The molecule has 0 saturated carbocycles. The Morgan fingerprint density at radius 2 is 1.96 bits per heavy atom. The highest BCUT2D eigenvalue weighted by Gasteiger charge is 2.18. The Bertz CT molecular complexity index is 1190. The predicted molar refractivity (Wildman–Crippen MR) is 103 cm³/mol. The van der Waals surface area contributed by atoms with Crippen molar-refractivity contribution in [2.75, 3.05) is 12.1 Å². The second kappa shape index (κ2) is 6.22. The molecule has 1 aliphatic heterocycles. The first-order valence-corrected chi connectivity index (χ1v) is 9.05. The molecule has 28 heavy (non-hydrogen) atoms. The number of aryl methyl sites for hydroxylation is 3. The van der Waals surface area contributed by atoms with Gasteiger partial charge in [0.1, 0.15) is 0 Å². The van der Waals surface area contributed by atoms with Gasteiger partial charge in [-0.15, -0.1) is 0 Å². The first kappa shape index (κ1) is 16.5. The number of benzene rings is 1. The van der Waals surface area contributed by atoms with Gasteiger partial charge in [-0.1, -0.05) is 0 Å². The van der Waals surface area contributed by atoms with Crippen LogP contribution in [0.25, 0.3) is 17.1 Å². The van der Waals surface area contributed by atoms with Crippen LogP contribution in [0.3, 0.4) is 0 Å². The van der Waals surface area contributed by atoms with Crippen molar-refractivity contribution < 1.29 is 9.47 Å². The van der Waals surface area contributed by atoms with E-state index in [0.29, 0.717) is 23.0 Å². The lowest BCUT2D eigenvalue weighted by Crippen LogP contribution is -2.09. The minimum Gasteiger partial charge on any atom is -0.454 e. The Morgan fingerprint density at radius 3 is 2.75 bits per heavy atom. The smallest absolute Gasteiger partial charge is 0.254 e. The van der Waals surface area contributed by atoms with Crippen LogP contribution in [0.2, 0.25) is 0 Å². The van der Waals surface area contributed by atoms with Gasteiger partial charge in [0.15, 0.2) is 28.5 Å². The van der Waals surface area contributed by atoms with E-state index in [2.05, 4.69) is 22.3 Å². The summed E-state index contributed by atoms with van der Waals surface area (Å²) in [4.78, 5) is 13.9. The third-order valence-corrected chi connectivity index (χ3v) is 4.63. The summed E-state index contributed by atoms with van der Waals surface area (Å²) in [7, 11) is 0. The summed E-state index contributed by atoms with van der Waals surface area (Å²) in [5, 5.41) is 7.87. The van der Waals surface area contributed by atoms with E-state index in [9.17, 15) is 0 Å². The molecule has 1 aromatic carbocycles. The first-order valence-electron chi connectivity index (χ1n) is 9.05. The minimum atomic E-state index is 0.236. The Hall–Kier alpha value is -3.62. The second-order valence-electron chi connectivity index (χ2n) is 6.61. The third-order valence-electron chi connectivity index (χ3n) is 4.63. The summed E-state index contributed by atoms with van der Waals surface area (Å²) in [6.45, 7) is 6.98. The van der Waals surface area contributed by atoms with Gasteiger partial charge in [-0.25, -0.2) is 9.67 Å². The van der Waals surface area contributed by atoms with Crippen LogP contribution < -0.4 is 14.8 Å². The standard InChI is InChI=1S/C19H19N7O2/c1-4-25-9-20-16-17(21-13-5-6-14-15(8-13)28-10-27-14)22-19(23-18(16)25)26-12(3)7-11(2)24-26/h5-9H,4,10H2,1-3H3,(H,21,22,23). The monoisotopic (exact) mass is 377 g/mol. The summed E-state index contributed by atoms with van der Waals surface area (Å²) in [6.07, 6.45) is 1.77. The molecule has 0 radical (unpaired) electrons. The average Bonchev–Trinajstić information content (AvgIpc) is 3.39. The van der Waals surface area contributed by atoms with Crippen molar-refractivity contribution in [1.29, 1.82) is 0 Å². The molecule has 0 amide bonds. The number of hydrogen-bond acceptors (Lipinski definition) is 7. The van der Waals surface area contributed by atoms with Gasteiger partial charge in [-0.05, 0) is 39.0 Å². The van der Waals surface area contributed by atoms with E-state index in [1.165, 1.54) is 0 Å². The number of fused-ring (bicyclic) bond motifs is 2. The molecule has 5 rings (SSSR count). The Morgan fingerprint density at radius 1 is 1.11 bits per heavy atom. The number of ether oxygens (including phenoxy) is 2. The fourth-order valence-corrected chi connectivity index (χ4v) is 3.29. The van der Waals surface area contributed by atoms with E-state index in [4.69, 9.17) is 19.4 Å². The second-order valence-corrected chi connectivity index (χ2v) is 6.61. The van der Waals surface area contributed by atoms with Crippen LogP contribution in [-0.4, -0.2) is 36.1 Å². The zero-order chi connectivity index (χ0) is 19.3. The number of hydrogen-bond donors (Lipinski definition) is 1. The predicted octanol–water partition coefficient (Wildman–Crippen LogP) is 3.12. The van der Waals surface area contributed by atoms with E-state index >= 15 is 0 Å². The van der Waals surface area contributed by atoms with Gasteiger partial charge >= 0.3 is 0 Å². The van der Waals surface area contributed by atoms with Crippen molar-refractivity contribution in [1.82, 2.24) is 29.3 Å². The van der Waals surface area contributed by atoms with Crippen LogP contribution in [0.15, 0.2) is 30.6 Å². The molecule has 0 atom stereocenters. The molecule has 9 nitrogen and oxygen atoms in total. The maximum Gasteiger partial charge on any atom is 0.254 e. The summed E-state index contributed by atoms with van der Waals surface area (Å²) in [5.74, 6) is 2.54. The highest BCUT2D eigenvalue weighted by molar-refractivity contribution is 5.86. The van der Waals surface area contributed by atoms with Gasteiger partial charge in [0.2, 0.25) is 6.79 Å². The summed E-state index contributed by atoms with van der Waals surface area (Å²) in [6, 6.07) is 7.67. The Labute approximate surface area is 161 Å². The molecule has 0 saturated heterocycles. The summed E-state index contributed by atoms with van der Waals surface area (Å²) in [5.41, 5.74) is 4.16. The van der Waals surface area contributed by atoms with Crippen LogP contribution in [-0.2, 0) is 6.54 Å². The lowest BCUT2D eigenvalue weighted by Gasteiger charge is -2.10. The lowest BCUT2D eigenvalue weighted by molar-refractivity contribution is 0.174. The molecule has 0 aliphatic carbocycles. The molecule has 9 heteroatoms. The summed E-state index contributed by atoms with van der Waals surface area (Å²) >= 11 is 0. The van der Waals surface area contributed by atoms with Crippen molar-refractivity contribution in [3.63, 3.8) is 0 Å². The molecule has 0 bridgehead atoms.